The topological polar surface area (TPSA) is 41.5 Å². The molecule has 0 fully saturated rings. The van der Waals surface area contributed by atoms with Gasteiger partial charge in [-0.15, -0.1) is 4.91 Å². The summed E-state index contributed by atoms with van der Waals surface area (Å²) in [7, 11) is 1.50. The summed E-state index contributed by atoms with van der Waals surface area (Å²) in [6.45, 7) is 0. The Morgan fingerprint density at radius 2 is 2.00 bits per heavy atom. The number of nitrogens with zero attached hydrogens (tertiary/aromatic N) is 1. The van der Waals surface area contributed by atoms with E-state index in [0.717, 1.165) is 6.07 Å². The van der Waals surface area contributed by atoms with E-state index in [1.54, 1.807) is 0 Å². The molecule has 1 N–H and O–H groups in total. The predicted octanol–water partition coefficient (Wildman–Crippen LogP) is 3.15. The summed E-state index contributed by atoms with van der Waals surface area (Å²) >= 11 is 0. The van der Waals surface area contributed by atoms with Gasteiger partial charge in [0, 0.05) is 7.05 Å². The van der Waals surface area contributed by atoms with Crippen LogP contribution >= 0.6 is 0 Å². The molecule has 0 aromatic heterocycles. The van der Waals surface area contributed by atoms with Crippen LogP contribution in [0.1, 0.15) is 5.56 Å². The van der Waals surface area contributed by atoms with E-state index in [4.69, 9.17) is 0 Å². The van der Waals surface area contributed by atoms with E-state index in [1.165, 1.54) is 13.1 Å². The molecule has 76 valence electrons. The molecule has 0 atom stereocenters. The molecule has 0 saturated heterocycles. The van der Waals surface area contributed by atoms with E-state index in [1.807, 2.05) is 0 Å². The summed E-state index contributed by atoms with van der Waals surface area (Å²) in [4.78, 5) is 10.2. The molecule has 0 spiro atoms. The molecule has 1 aromatic carbocycles. The zero-order valence-electron chi connectivity index (χ0n) is 7.22. The van der Waals surface area contributed by atoms with Crippen molar-refractivity contribution in [2.75, 3.05) is 12.4 Å². The van der Waals surface area contributed by atoms with Crippen LogP contribution in [0.25, 0.3) is 0 Å². The van der Waals surface area contributed by atoms with E-state index < -0.39 is 11.7 Å². The molecule has 0 bridgehead atoms. The standard InChI is InChI=1S/C8H7F3N2O/c1-12-6-3-2-5(8(9,10)11)4-7(6)13-14/h2-4,12H,1H3. The Bertz CT molecular complexity index is 349. The Hall–Kier alpha value is -1.59. The smallest absolute Gasteiger partial charge is 0.386 e. The van der Waals surface area contributed by atoms with Crippen LogP contribution in [0.3, 0.4) is 0 Å². The van der Waals surface area contributed by atoms with Crippen molar-refractivity contribution in [3.63, 3.8) is 0 Å². The second-order valence-electron chi connectivity index (χ2n) is 2.57. The zero-order chi connectivity index (χ0) is 10.8. The van der Waals surface area contributed by atoms with Gasteiger partial charge in [-0.1, -0.05) is 0 Å². The largest absolute Gasteiger partial charge is 0.416 e. The molecular formula is C8H7F3N2O. The lowest BCUT2D eigenvalue weighted by atomic mass is 10.1. The quantitative estimate of drug-likeness (QED) is 0.752. The minimum absolute atomic E-state index is 0.248. The van der Waals surface area contributed by atoms with Gasteiger partial charge in [-0.05, 0) is 23.4 Å². The van der Waals surface area contributed by atoms with E-state index in [2.05, 4.69) is 10.5 Å². The highest BCUT2D eigenvalue weighted by molar-refractivity contribution is 5.66. The van der Waals surface area contributed by atoms with Gasteiger partial charge in [-0.25, -0.2) is 0 Å². The fourth-order valence-electron chi connectivity index (χ4n) is 0.995. The molecule has 0 heterocycles. The average Bonchev–Trinajstić information content (AvgIpc) is 2.15. The Kier molecular flexibility index (Phi) is 2.73. The number of nitrogens with one attached hydrogen (secondary N) is 1. The monoisotopic (exact) mass is 204 g/mol. The Labute approximate surface area is 77.9 Å². The first-order chi connectivity index (χ1) is 6.49. The molecule has 0 saturated carbocycles. The predicted molar refractivity (Wildman–Crippen MR) is 46.4 cm³/mol. The maximum Gasteiger partial charge on any atom is 0.416 e. The molecule has 0 radical (unpaired) electrons. The summed E-state index contributed by atoms with van der Waals surface area (Å²) in [6, 6.07) is 2.76. The van der Waals surface area contributed by atoms with E-state index in [-0.39, 0.29) is 11.4 Å². The van der Waals surface area contributed by atoms with Crippen LogP contribution < -0.4 is 5.32 Å². The van der Waals surface area contributed by atoms with E-state index in [9.17, 15) is 18.1 Å². The molecule has 0 unspecified atom stereocenters. The fourth-order valence-corrected chi connectivity index (χ4v) is 0.995. The maximum atomic E-state index is 12.2. The summed E-state index contributed by atoms with van der Waals surface area (Å²) < 4.78 is 36.5. The third kappa shape index (κ3) is 2.01. The minimum atomic E-state index is -4.45. The molecule has 0 aliphatic carbocycles. The van der Waals surface area contributed by atoms with Crippen molar-refractivity contribution in [3.8, 4) is 0 Å². The number of halogens is 3. The lowest BCUT2D eigenvalue weighted by Crippen LogP contribution is -2.04. The zero-order valence-corrected chi connectivity index (χ0v) is 7.22. The summed E-state index contributed by atoms with van der Waals surface area (Å²) in [6.07, 6.45) is -4.45. The highest BCUT2D eigenvalue weighted by atomic mass is 19.4. The van der Waals surface area contributed by atoms with Gasteiger partial charge >= 0.3 is 6.18 Å². The Morgan fingerprint density at radius 3 is 2.43 bits per heavy atom. The molecule has 1 rings (SSSR count). The normalized spacial score (nSPS) is 11.1. The number of hydrogen-bond donors (Lipinski definition) is 1. The summed E-state index contributed by atoms with van der Waals surface area (Å²) in [5.41, 5.74) is -0.860. The van der Waals surface area contributed by atoms with Crippen molar-refractivity contribution >= 4 is 11.4 Å². The van der Waals surface area contributed by atoms with E-state index in [0.29, 0.717) is 6.07 Å². The summed E-state index contributed by atoms with van der Waals surface area (Å²) in [5.74, 6) is 0. The lowest BCUT2D eigenvalue weighted by Gasteiger charge is -2.08. The van der Waals surface area contributed by atoms with Gasteiger partial charge < -0.3 is 5.32 Å². The molecule has 0 aliphatic heterocycles. The first-order valence-corrected chi connectivity index (χ1v) is 3.71. The van der Waals surface area contributed by atoms with Gasteiger partial charge in [-0.3, -0.25) is 0 Å². The van der Waals surface area contributed by atoms with Crippen LogP contribution in [0.15, 0.2) is 23.4 Å². The number of rotatable bonds is 2. The van der Waals surface area contributed by atoms with Gasteiger partial charge in [-0.2, -0.15) is 13.2 Å². The first kappa shape index (κ1) is 10.5. The molecule has 6 heteroatoms. The number of nitroso groups, excluding NO2 is 1. The number of alkyl halides is 3. The van der Waals surface area contributed by atoms with Gasteiger partial charge in [0.05, 0.1) is 11.3 Å². The molecule has 14 heavy (non-hydrogen) atoms. The minimum Gasteiger partial charge on any atom is -0.386 e. The fraction of sp³-hybridized carbons (Fsp3) is 0.250. The second kappa shape index (κ2) is 3.65. The van der Waals surface area contributed by atoms with Crippen molar-refractivity contribution in [1.82, 2.24) is 0 Å². The van der Waals surface area contributed by atoms with Crippen molar-refractivity contribution in [1.29, 1.82) is 0 Å². The van der Waals surface area contributed by atoms with Crippen LogP contribution in [0.5, 0.6) is 0 Å². The maximum absolute atomic E-state index is 12.2. The van der Waals surface area contributed by atoms with Gasteiger partial charge in [0.1, 0.15) is 5.69 Å². The van der Waals surface area contributed by atoms with Crippen LogP contribution in [0, 0.1) is 4.91 Å². The van der Waals surface area contributed by atoms with Crippen molar-refractivity contribution in [2.45, 2.75) is 6.18 Å². The average molecular weight is 204 g/mol. The molecule has 0 amide bonds. The first-order valence-electron chi connectivity index (χ1n) is 3.71. The SMILES string of the molecule is CNc1ccc(C(F)(F)F)cc1N=O. The third-order valence-corrected chi connectivity index (χ3v) is 1.69. The van der Waals surface area contributed by atoms with Crippen molar-refractivity contribution in [3.05, 3.63) is 28.7 Å². The van der Waals surface area contributed by atoms with Crippen molar-refractivity contribution < 1.29 is 13.2 Å². The van der Waals surface area contributed by atoms with Gasteiger partial charge in [0.15, 0.2) is 0 Å². The molecular weight excluding hydrogens is 197 g/mol. The van der Waals surface area contributed by atoms with Gasteiger partial charge in [0.2, 0.25) is 0 Å². The Morgan fingerprint density at radius 1 is 1.36 bits per heavy atom. The third-order valence-electron chi connectivity index (χ3n) is 1.69. The van der Waals surface area contributed by atoms with Crippen LogP contribution in [-0.4, -0.2) is 7.05 Å². The molecule has 0 aliphatic rings. The molecule has 3 nitrogen and oxygen atoms in total. The molecule has 1 aromatic rings. The van der Waals surface area contributed by atoms with Crippen LogP contribution in [0.2, 0.25) is 0 Å². The lowest BCUT2D eigenvalue weighted by molar-refractivity contribution is -0.137. The van der Waals surface area contributed by atoms with E-state index >= 15 is 0 Å². The number of anilines is 1. The van der Waals surface area contributed by atoms with Crippen LogP contribution in [-0.2, 0) is 6.18 Å². The van der Waals surface area contributed by atoms with Crippen LogP contribution in [0.4, 0.5) is 24.5 Å². The highest BCUT2D eigenvalue weighted by Gasteiger charge is 2.31. The Balaban J connectivity index is 3.21. The van der Waals surface area contributed by atoms with Gasteiger partial charge in [0.25, 0.3) is 0 Å². The number of hydrogen-bond acceptors (Lipinski definition) is 3. The second-order valence-corrected chi connectivity index (χ2v) is 2.57. The number of benzene rings is 1. The highest BCUT2D eigenvalue weighted by Crippen LogP contribution is 2.34. The summed E-state index contributed by atoms with van der Waals surface area (Å²) in [5, 5.41) is 5.07. The van der Waals surface area contributed by atoms with Crippen molar-refractivity contribution in [2.24, 2.45) is 5.18 Å².